The van der Waals surface area contributed by atoms with Crippen LogP contribution >= 0.6 is 0 Å². The Morgan fingerprint density at radius 3 is 2.73 bits per heavy atom. The molecule has 1 aliphatic rings. The van der Waals surface area contributed by atoms with E-state index in [0.29, 0.717) is 6.04 Å². The zero-order valence-corrected chi connectivity index (χ0v) is 9.95. The van der Waals surface area contributed by atoms with Crippen LogP contribution in [-0.2, 0) is 6.54 Å². The van der Waals surface area contributed by atoms with Gasteiger partial charge in [0.2, 0.25) is 0 Å². The summed E-state index contributed by atoms with van der Waals surface area (Å²) >= 11 is 0. The van der Waals surface area contributed by atoms with Gasteiger partial charge in [0.25, 0.3) is 0 Å². The summed E-state index contributed by atoms with van der Waals surface area (Å²) in [7, 11) is 2.00. The SMILES string of the molecule is CNCc1cnn(C(C)C)c1C1CCC1. The first-order valence-electron chi connectivity index (χ1n) is 5.95. The van der Waals surface area contributed by atoms with Gasteiger partial charge < -0.3 is 5.32 Å². The Hall–Kier alpha value is -0.830. The Kier molecular flexibility index (Phi) is 3.10. The minimum Gasteiger partial charge on any atom is -0.316 e. The van der Waals surface area contributed by atoms with Crippen molar-refractivity contribution in [2.45, 2.75) is 51.6 Å². The number of hydrogen-bond donors (Lipinski definition) is 1. The fraction of sp³-hybridized carbons (Fsp3) is 0.750. The van der Waals surface area contributed by atoms with Crippen LogP contribution in [0.4, 0.5) is 0 Å². The maximum Gasteiger partial charge on any atom is 0.0537 e. The zero-order valence-electron chi connectivity index (χ0n) is 9.95. The lowest BCUT2D eigenvalue weighted by Crippen LogP contribution is -2.19. The summed E-state index contributed by atoms with van der Waals surface area (Å²) in [6, 6.07) is 0.478. The number of nitrogens with zero attached hydrogens (tertiary/aromatic N) is 2. The number of hydrogen-bond acceptors (Lipinski definition) is 2. The smallest absolute Gasteiger partial charge is 0.0537 e. The highest BCUT2D eigenvalue weighted by Crippen LogP contribution is 2.38. The van der Waals surface area contributed by atoms with Crippen molar-refractivity contribution in [3.63, 3.8) is 0 Å². The highest BCUT2D eigenvalue weighted by Gasteiger charge is 2.26. The number of nitrogens with one attached hydrogen (secondary N) is 1. The molecule has 0 atom stereocenters. The third kappa shape index (κ3) is 1.93. The Morgan fingerprint density at radius 2 is 2.27 bits per heavy atom. The molecule has 0 amide bonds. The van der Waals surface area contributed by atoms with E-state index in [0.717, 1.165) is 12.5 Å². The summed E-state index contributed by atoms with van der Waals surface area (Å²) in [5.41, 5.74) is 2.86. The zero-order chi connectivity index (χ0) is 10.8. The van der Waals surface area contributed by atoms with E-state index in [1.54, 1.807) is 0 Å². The summed E-state index contributed by atoms with van der Waals surface area (Å²) in [5.74, 6) is 0.762. The van der Waals surface area contributed by atoms with Crippen LogP contribution in [0, 0.1) is 0 Å². The van der Waals surface area contributed by atoms with E-state index >= 15 is 0 Å². The molecule has 0 unspecified atom stereocenters. The minimum atomic E-state index is 0.478. The van der Waals surface area contributed by atoms with Gasteiger partial charge >= 0.3 is 0 Å². The fourth-order valence-electron chi connectivity index (χ4n) is 2.28. The molecule has 0 saturated heterocycles. The van der Waals surface area contributed by atoms with Crippen molar-refractivity contribution in [1.29, 1.82) is 0 Å². The van der Waals surface area contributed by atoms with Gasteiger partial charge in [-0.05, 0) is 33.7 Å². The molecule has 3 nitrogen and oxygen atoms in total. The topological polar surface area (TPSA) is 29.9 Å². The molecule has 1 aromatic rings. The largest absolute Gasteiger partial charge is 0.316 e. The molecule has 84 valence electrons. The number of rotatable bonds is 4. The van der Waals surface area contributed by atoms with E-state index in [2.05, 4.69) is 28.9 Å². The van der Waals surface area contributed by atoms with Gasteiger partial charge in [0.1, 0.15) is 0 Å². The highest BCUT2D eigenvalue weighted by atomic mass is 15.3. The fourth-order valence-corrected chi connectivity index (χ4v) is 2.28. The molecule has 3 heteroatoms. The molecule has 0 aromatic carbocycles. The molecule has 0 aliphatic heterocycles. The average Bonchev–Trinajstić information content (AvgIpc) is 2.47. The Labute approximate surface area is 91.9 Å². The summed E-state index contributed by atoms with van der Waals surface area (Å²) in [6.07, 6.45) is 6.10. The van der Waals surface area contributed by atoms with Crippen LogP contribution in [0.15, 0.2) is 6.20 Å². The second kappa shape index (κ2) is 4.35. The van der Waals surface area contributed by atoms with Gasteiger partial charge in [-0.15, -0.1) is 0 Å². The van der Waals surface area contributed by atoms with Gasteiger partial charge in [-0.3, -0.25) is 4.68 Å². The molecule has 15 heavy (non-hydrogen) atoms. The van der Waals surface area contributed by atoms with E-state index in [9.17, 15) is 0 Å². The average molecular weight is 207 g/mol. The quantitative estimate of drug-likeness (QED) is 0.822. The van der Waals surface area contributed by atoms with Crippen molar-refractivity contribution in [2.24, 2.45) is 0 Å². The van der Waals surface area contributed by atoms with Crippen molar-refractivity contribution in [3.8, 4) is 0 Å². The van der Waals surface area contributed by atoms with Gasteiger partial charge in [-0.1, -0.05) is 6.42 Å². The normalized spacial score (nSPS) is 17.1. The lowest BCUT2D eigenvalue weighted by molar-refractivity contribution is 0.373. The Morgan fingerprint density at radius 1 is 1.53 bits per heavy atom. The van der Waals surface area contributed by atoms with E-state index in [-0.39, 0.29) is 0 Å². The van der Waals surface area contributed by atoms with Gasteiger partial charge in [-0.2, -0.15) is 5.10 Å². The van der Waals surface area contributed by atoms with Crippen LogP contribution in [0.5, 0.6) is 0 Å². The van der Waals surface area contributed by atoms with Crippen molar-refractivity contribution in [2.75, 3.05) is 7.05 Å². The molecule has 0 spiro atoms. The standard InChI is InChI=1S/C12H21N3/c1-9(2)15-12(10-5-4-6-10)11(7-13-3)8-14-15/h8-10,13H,4-7H2,1-3H3. The first kappa shape index (κ1) is 10.7. The van der Waals surface area contributed by atoms with Gasteiger partial charge in [0, 0.05) is 29.8 Å². The molecular formula is C12H21N3. The maximum atomic E-state index is 4.51. The third-order valence-corrected chi connectivity index (χ3v) is 3.26. The molecule has 0 bridgehead atoms. The lowest BCUT2D eigenvalue weighted by atomic mass is 9.81. The Bertz CT molecular complexity index is 324. The molecular weight excluding hydrogens is 186 g/mol. The minimum absolute atomic E-state index is 0.478. The van der Waals surface area contributed by atoms with E-state index < -0.39 is 0 Å². The van der Waals surface area contributed by atoms with Crippen molar-refractivity contribution >= 4 is 0 Å². The van der Waals surface area contributed by atoms with Gasteiger partial charge in [0.05, 0.1) is 6.20 Å². The molecule has 1 fully saturated rings. The Balaban J connectivity index is 2.30. The van der Waals surface area contributed by atoms with Gasteiger partial charge in [0.15, 0.2) is 0 Å². The van der Waals surface area contributed by atoms with Crippen LogP contribution in [0.1, 0.15) is 56.3 Å². The first-order chi connectivity index (χ1) is 7.24. The van der Waals surface area contributed by atoms with Crippen molar-refractivity contribution in [3.05, 3.63) is 17.5 Å². The van der Waals surface area contributed by atoms with Crippen molar-refractivity contribution in [1.82, 2.24) is 15.1 Å². The van der Waals surface area contributed by atoms with Crippen LogP contribution in [0.25, 0.3) is 0 Å². The monoisotopic (exact) mass is 207 g/mol. The maximum absolute atomic E-state index is 4.51. The predicted molar refractivity (Wildman–Crippen MR) is 62.0 cm³/mol. The molecule has 0 radical (unpaired) electrons. The van der Waals surface area contributed by atoms with Crippen LogP contribution in [0.3, 0.4) is 0 Å². The van der Waals surface area contributed by atoms with E-state index in [1.165, 1.54) is 30.5 Å². The van der Waals surface area contributed by atoms with E-state index in [4.69, 9.17) is 0 Å². The molecule has 1 saturated carbocycles. The molecule has 1 N–H and O–H groups in total. The van der Waals surface area contributed by atoms with E-state index in [1.807, 2.05) is 13.2 Å². The second-order valence-corrected chi connectivity index (χ2v) is 4.75. The van der Waals surface area contributed by atoms with Crippen LogP contribution in [-0.4, -0.2) is 16.8 Å². The predicted octanol–water partition coefficient (Wildman–Crippen LogP) is 2.45. The van der Waals surface area contributed by atoms with Crippen LogP contribution < -0.4 is 5.32 Å². The summed E-state index contributed by atoms with van der Waals surface area (Å²) in [6.45, 7) is 5.36. The first-order valence-corrected chi connectivity index (χ1v) is 5.95. The third-order valence-electron chi connectivity index (χ3n) is 3.26. The highest BCUT2D eigenvalue weighted by molar-refractivity contribution is 5.24. The summed E-state index contributed by atoms with van der Waals surface area (Å²) in [5, 5.41) is 7.74. The summed E-state index contributed by atoms with van der Waals surface area (Å²) < 4.78 is 2.20. The molecule has 1 aromatic heterocycles. The van der Waals surface area contributed by atoms with Crippen LogP contribution in [0.2, 0.25) is 0 Å². The lowest BCUT2D eigenvalue weighted by Gasteiger charge is -2.28. The van der Waals surface area contributed by atoms with Crippen molar-refractivity contribution < 1.29 is 0 Å². The number of aromatic nitrogens is 2. The summed E-state index contributed by atoms with van der Waals surface area (Å²) in [4.78, 5) is 0. The molecule has 1 heterocycles. The second-order valence-electron chi connectivity index (χ2n) is 4.75. The molecule has 1 aliphatic carbocycles. The molecule has 2 rings (SSSR count). The van der Waals surface area contributed by atoms with Gasteiger partial charge in [-0.25, -0.2) is 0 Å².